The molecule has 4 rings (SSSR count). The Hall–Kier alpha value is -4.05. The van der Waals surface area contributed by atoms with Gasteiger partial charge >= 0.3 is 17.9 Å². The molecule has 0 bridgehead atoms. The highest BCUT2D eigenvalue weighted by atomic mass is 16.7. The molecule has 0 saturated carbocycles. The highest BCUT2D eigenvalue weighted by Crippen LogP contribution is 2.26. The molecule has 1 heterocycles. The largest absolute Gasteiger partial charge is 0.459 e. The molecule has 5 atom stereocenters. The van der Waals surface area contributed by atoms with E-state index < -0.39 is 55.2 Å². The Kier molecular flexibility index (Phi) is 8.06. The van der Waals surface area contributed by atoms with Gasteiger partial charge in [-0.05, 0) is 36.4 Å². The van der Waals surface area contributed by atoms with Gasteiger partial charge in [-0.3, -0.25) is 0 Å². The smallest absolute Gasteiger partial charge is 0.338 e. The number of ether oxygens (including phenoxy) is 4. The molecular formula is C27H25NO8. The third-order valence-corrected chi connectivity index (χ3v) is 5.61. The summed E-state index contributed by atoms with van der Waals surface area (Å²) in [4.78, 5) is 38.1. The van der Waals surface area contributed by atoms with Gasteiger partial charge in [-0.15, -0.1) is 0 Å². The average molecular weight is 491 g/mol. The minimum Gasteiger partial charge on any atom is -0.459 e. The molecule has 9 heteroatoms. The lowest BCUT2D eigenvalue weighted by Crippen LogP contribution is -2.64. The van der Waals surface area contributed by atoms with Crippen LogP contribution < -0.4 is 5.73 Å². The van der Waals surface area contributed by atoms with Gasteiger partial charge in [0, 0.05) is 0 Å². The maximum atomic E-state index is 12.9. The predicted molar refractivity (Wildman–Crippen MR) is 127 cm³/mol. The molecule has 0 aromatic heterocycles. The molecule has 1 fully saturated rings. The fraction of sp³-hybridized carbons (Fsp3) is 0.222. The maximum Gasteiger partial charge on any atom is 0.338 e. The van der Waals surface area contributed by atoms with Crippen LogP contribution in [0.3, 0.4) is 0 Å². The van der Waals surface area contributed by atoms with Crippen molar-refractivity contribution in [3.63, 3.8) is 0 Å². The van der Waals surface area contributed by atoms with E-state index in [2.05, 4.69) is 0 Å². The molecule has 3 N–H and O–H groups in total. The molecule has 1 saturated heterocycles. The Morgan fingerprint density at radius 1 is 0.694 bits per heavy atom. The first-order valence-corrected chi connectivity index (χ1v) is 11.3. The minimum atomic E-state index is -1.58. The molecule has 0 aliphatic carbocycles. The van der Waals surface area contributed by atoms with E-state index in [0.29, 0.717) is 5.56 Å². The molecule has 1 aliphatic heterocycles. The summed E-state index contributed by atoms with van der Waals surface area (Å²) in [6.45, 7) is -0.399. The van der Waals surface area contributed by atoms with E-state index in [-0.39, 0.29) is 11.1 Å². The molecule has 36 heavy (non-hydrogen) atoms. The van der Waals surface area contributed by atoms with Gasteiger partial charge in [0.15, 0.2) is 18.5 Å². The quantitative estimate of drug-likeness (QED) is 0.377. The molecule has 0 spiro atoms. The molecule has 186 valence electrons. The van der Waals surface area contributed by atoms with Crippen molar-refractivity contribution in [1.82, 2.24) is 0 Å². The molecule has 1 unspecified atom stereocenters. The van der Waals surface area contributed by atoms with Gasteiger partial charge in [0.05, 0.1) is 22.7 Å². The highest BCUT2D eigenvalue weighted by molar-refractivity contribution is 5.90. The van der Waals surface area contributed by atoms with Crippen molar-refractivity contribution in [3.8, 4) is 0 Å². The second kappa shape index (κ2) is 11.6. The van der Waals surface area contributed by atoms with Crippen LogP contribution in [0.5, 0.6) is 0 Å². The Bertz CT molecular complexity index is 1170. The predicted octanol–water partition coefficient (Wildman–Crippen LogP) is 2.34. The molecular weight excluding hydrogens is 466 g/mol. The SMILES string of the molecule is N[C@H]1C(O)O[C@H](COC(=O)c2ccccc2)[C@@H](OC(=O)c2ccccc2)[C@@H]1OC(=O)c1ccccc1. The second-order valence-corrected chi connectivity index (χ2v) is 8.08. The van der Waals surface area contributed by atoms with Crippen molar-refractivity contribution in [2.75, 3.05) is 6.61 Å². The van der Waals surface area contributed by atoms with Gasteiger partial charge in [-0.2, -0.15) is 0 Å². The van der Waals surface area contributed by atoms with E-state index >= 15 is 0 Å². The van der Waals surface area contributed by atoms with E-state index in [1.54, 1.807) is 91.0 Å². The Balaban J connectivity index is 1.57. The molecule has 9 nitrogen and oxygen atoms in total. The normalized spacial score (nSPS) is 23.3. The van der Waals surface area contributed by atoms with Crippen LogP contribution in [0.4, 0.5) is 0 Å². The fourth-order valence-electron chi connectivity index (χ4n) is 3.71. The lowest BCUT2D eigenvalue weighted by Gasteiger charge is -2.42. The number of aliphatic hydroxyl groups is 1. The van der Waals surface area contributed by atoms with Crippen LogP contribution in [-0.4, -0.2) is 60.3 Å². The fourth-order valence-corrected chi connectivity index (χ4v) is 3.71. The van der Waals surface area contributed by atoms with Gasteiger partial charge in [0.25, 0.3) is 0 Å². The first-order valence-electron chi connectivity index (χ1n) is 11.3. The topological polar surface area (TPSA) is 134 Å². The van der Waals surface area contributed by atoms with E-state index in [1.807, 2.05) is 0 Å². The monoisotopic (exact) mass is 491 g/mol. The first-order chi connectivity index (χ1) is 17.4. The van der Waals surface area contributed by atoms with Crippen molar-refractivity contribution in [2.45, 2.75) is 30.6 Å². The highest BCUT2D eigenvalue weighted by Gasteiger charge is 2.49. The molecule has 3 aromatic rings. The minimum absolute atomic E-state index is 0.241. The Morgan fingerprint density at radius 2 is 1.11 bits per heavy atom. The van der Waals surface area contributed by atoms with Crippen LogP contribution in [0.1, 0.15) is 31.1 Å². The summed E-state index contributed by atoms with van der Waals surface area (Å²) < 4.78 is 22.2. The van der Waals surface area contributed by atoms with Crippen molar-refractivity contribution in [1.29, 1.82) is 0 Å². The summed E-state index contributed by atoms with van der Waals surface area (Å²) in [5, 5.41) is 10.4. The zero-order valence-electron chi connectivity index (χ0n) is 19.1. The van der Waals surface area contributed by atoms with Crippen molar-refractivity contribution >= 4 is 17.9 Å². The Labute approximate surface area is 207 Å². The number of rotatable bonds is 7. The number of hydrogen-bond acceptors (Lipinski definition) is 9. The van der Waals surface area contributed by atoms with E-state index in [9.17, 15) is 19.5 Å². The molecule has 1 aliphatic rings. The van der Waals surface area contributed by atoms with Gasteiger partial charge in [0.2, 0.25) is 0 Å². The van der Waals surface area contributed by atoms with Gasteiger partial charge in [0.1, 0.15) is 12.7 Å². The Morgan fingerprint density at radius 3 is 1.58 bits per heavy atom. The number of aliphatic hydroxyl groups excluding tert-OH is 1. The lowest BCUT2D eigenvalue weighted by atomic mass is 9.96. The van der Waals surface area contributed by atoms with E-state index in [0.717, 1.165) is 0 Å². The molecule has 0 radical (unpaired) electrons. The number of esters is 3. The first kappa shape index (κ1) is 25.1. The van der Waals surface area contributed by atoms with Gasteiger partial charge < -0.3 is 29.8 Å². The number of hydrogen-bond donors (Lipinski definition) is 2. The van der Waals surface area contributed by atoms with Crippen molar-refractivity contribution in [3.05, 3.63) is 108 Å². The number of carbonyl (C=O) groups excluding carboxylic acids is 3. The number of nitrogens with two attached hydrogens (primary N) is 1. The van der Waals surface area contributed by atoms with Gasteiger partial charge in [-0.1, -0.05) is 54.6 Å². The maximum absolute atomic E-state index is 12.9. The van der Waals surface area contributed by atoms with Crippen LogP contribution in [0.2, 0.25) is 0 Å². The van der Waals surface area contributed by atoms with Gasteiger partial charge in [-0.25, -0.2) is 14.4 Å². The third-order valence-electron chi connectivity index (χ3n) is 5.61. The van der Waals surface area contributed by atoms with Crippen LogP contribution in [0, 0.1) is 0 Å². The zero-order valence-corrected chi connectivity index (χ0v) is 19.1. The van der Waals surface area contributed by atoms with Crippen molar-refractivity contribution in [2.24, 2.45) is 5.73 Å². The van der Waals surface area contributed by atoms with Crippen molar-refractivity contribution < 1.29 is 38.4 Å². The van der Waals surface area contributed by atoms with E-state index in [1.165, 1.54) is 0 Å². The van der Waals surface area contributed by atoms with E-state index in [4.69, 9.17) is 24.7 Å². The summed E-state index contributed by atoms with van der Waals surface area (Å²) in [6, 6.07) is 23.3. The summed E-state index contributed by atoms with van der Waals surface area (Å²) in [5.74, 6) is -2.10. The number of benzene rings is 3. The lowest BCUT2D eigenvalue weighted by molar-refractivity contribution is -0.248. The standard InChI is InChI=1S/C27H25NO8/c28-21-23(36-26(31)19-14-8-3-9-15-19)22(35-25(30)18-12-6-2-7-13-18)20(34-27(21)32)16-33-24(29)17-10-4-1-5-11-17/h1-15,20-23,27,32H,16,28H2/t20-,21-,22-,23-,27?/m1/s1. The summed E-state index contributed by atoms with van der Waals surface area (Å²) in [6.07, 6.45) is -5.33. The van der Waals surface area contributed by atoms with Crippen LogP contribution >= 0.6 is 0 Å². The summed E-state index contributed by atoms with van der Waals surface area (Å²) in [7, 11) is 0. The summed E-state index contributed by atoms with van der Waals surface area (Å²) in [5.41, 5.74) is 6.90. The van der Waals surface area contributed by atoms with Crippen LogP contribution in [0.25, 0.3) is 0 Å². The zero-order chi connectivity index (χ0) is 25.5. The molecule has 3 aromatic carbocycles. The average Bonchev–Trinajstić information content (AvgIpc) is 2.92. The second-order valence-electron chi connectivity index (χ2n) is 8.08. The number of carbonyl (C=O) groups is 3. The summed E-state index contributed by atoms with van der Waals surface area (Å²) >= 11 is 0. The third kappa shape index (κ3) is 5.95. The molecule has 0 amide bonds. The van der Waals surface area contributed by atoms with Crippen LogP contribution in [0.15, 0.2) is 91.0 Å². The van der Waals surface area contributed by atoms with Crippen LogP contribution in [-0.2, 0) is 18.9 Å².